The van der Waals surface area contributed by atoms with Crippen molar-refractivity contribution < 1.29 is 9.53 Å². The van der Waals surface area contributed by atoms with E-state index in [1.165, 1.54) is 6.33 Å². The molecule has 27 heavy (non-hydrogen) atoms. The highest BCUT2D eigenvalue weighted by atomic mass is 79.9. The average molecular weight is 449 g/mol. The summed E-state index contributed by atoms with van der Waals surface area (Å²) < 4.78 is 6.58. The average Bonchev–Trinajstić information content (AvgIpc) is 2.66. The third-order valence-electron chi connectivity index (χ3n) is 3.59. The minimum absolute atomic E-state index is 0.154. The summed E-state index contributed by atoms with van der Waals surface area (Å²) >= 11 is 9.33. The van der Waals surface area contributed by atoms with Gasteiger partial charge in [-0.25, -0.2) is 4.98 Å². The second-order valence-electron chi connectivity index (χ2n) is 5.54. The van der Waals surface area contributed by atoms with Crippen molar-refractivity contribution in [1.29, 1.82) is 0 Å². The van der Waals surface area contributed by atoms with Crippen LogP contribution in [-0.2, 0) is 0 Å². The van der Waals surface area contributed by atoms with Gasteiger partial charge in [0.2, 0.25) is 5.88 Å². The SMILES string of the molecule is Cc1cc(Oc2ncnc(NNC(=O)c3ccc(Br)cc3)c2N)ccc1Cl. The Kier molecular flexibility index (Phi) is 5.78. The van der Waals surface area contributed by atoms with Crippen LogP contribution in [0.1, 0.15) is 15.9 Å². The van der Waals surface area contributed by atoms with E-state index in [2.05, 4.69) is 36.7 Å². The Hall–Kier alpha value is -2.84. The number of halogens is 2. The van der Waals surface area contributed by atoms with Crippen molar-refractivity contribution in [2.45, 2.75) is 6.92 Å². The van der Waals surface area contributed by atoms with Crippen molar-refractivity contribution in [3.05, 3.63) is 69.4 Å². The van der Waals surface area contributed by atoms with E-state index in [4.69, 9.17) is 22.1 Å². The first-order chi connectivity index (χ1) is 12.9. The van der Waals surface area contributed by atoms with Crippen molar-refractivity contribution >= 4 is 44.9 Å². The van der Waals surface area contributed by atoms with Gasteiger partial charge in [-0.15, -0.1) is 0 Å². The number of aryl methyl sites for hydroxylation is 1. The molecule has 0 saturated carbocycles. The Morgan fingerprint density at radius 3 is 2.63 bits per heavy atom. The first-order valence-electron chi connectivity index (χ1n) is 7.80. The standard InChI is InChI=1S/C18H15BrClN5O2/c1-10-8-13(6-7-14(10)20)27-18-15(21)16(22-9-23-18)24-25-17(26)11-2-4-12(19)5-3-11/h2-9H,21H2,1H3,(H,25,26)(H,22,23,24). The number of nitrogen functional groups attached to an aromatic ring is 1. The monoisotopic (exact) mass is 447 g/mol. The summed E-state index contributed by atoms with van der Waals surface area (Å²) in [6.45, 7) is 1.86. The first-order valence-corrected chi connectivity index (χ1v) is 8.97. The van der Waals surface area contributed by atoms with E-state index in [9.17, 15) is 4.79 Å². The highest BCUT2D eigenvalue weighted by Gasteiger charge is 2.12. The summed E-state index contributed by atoms with van der Waals surface area (Å²) in [5, 5.41) is 0.635. The van der Waals surface area contributed by atoms with E-state index in [1.54, 1.807) is 42.5 Å². The lowest BCUT2D eigenvalue weighted by Crippen LogP contribution is -2.30. The van der Waals surface area contributed by atoms with Gasteiger partial charge in [0.1, 0.15) is 17.8 Å². The van der Waals surface area contributed by atoms with Crippen molar-refractivity contribution in [1.82, 2.24) is 15.4 Å². The molecule has 0 aliphatic carbocycles. The summed E-state index contributed by atoms with van der Waals surface area (Å²) in [7, 11) is 0. The fourth-order valence-corrected chi connectivity index (χ4v) is 2.52. The molecule has 1 aromatic heterocycles. The number of ether oxygens (including phenoxy) is 1. The van der Waals surface area contributed by atoms with E-state index in [0.717, 1.165) is 10.0 Å². The quantitative estimate of drug-likeness (QED) is 0.502. The lowest BCUT2D eigenvalue weighted by Gasteiger charge is -2.13. The molecule has 2 aromatic carbocycles. The minimum atomic E-state index is -0.337. The zero-order chi connectivity index (χ0) is 19.4. The second-order valence-corrected chi connectivity index (χ2v) is 6.86. The second kappa shape index (κ2) is 8.24. The van der Waals surface area contributed by atoms with Crippen LogP contribution in [-0.4, -0.2) is 15.9 Å². The number of nitrogens with zero attached hydrogens (tertiary/aromatic N) is 2. The lowest BCUT2D eigenvalue weighted by atomic mass is 10.2. The smallest absolute Gasteiger partial charge is 0.269 e. The third kappa shape index (κ3) is 4.66. The topological polar surface area (TPSA) is 102 Å². The van der Waals surface area contributed by atoms with Crippen LogP contribution in [0, 0.1) is 6.92 Å². The summed E-state index contributed by atoms with van der Waals surface area (Å²) in [5.41, 5.74) is 12.8. The van der Waals surface area contributed by atoms with Crippen LogP contribution in [0.4, 0.5) is 11.5 Å². The number of hydrogen-bond acceptors (Lipinski definition) is 6. The molecule has 0 radical (unpaired) electrons. The molecule has 0 aliphatic rings. The molecular weight excluding hydrogens is 434 g/mol. The number of carbonyl (C=O) groups excluding carboxylic acids is 1. The molecule has 1 amide bonds. The largest absolute Gasteiger partial charge is 0.437 e. The molecule has 0 fully saturated rings. The van der Waals surface area contributed by atoms with Crippen molar-refractivity contribution in [3.8, 4) is 11.6 Å². The van der Waals surface area contributed by atoms with Crippen LogP contribution in [0.2, 0.25) is 5.02 Å². The number of amides is 1. The Morgan fingerprint density at radius 1 is 1.19 bits per heavy atom. The molecule has 138 valence electrons. The number of hydrazine groups is 1. The zero-order valence-electron chi connectivity index (χ0n) is 14.2. The normalized spacial score (nSPS) is 10.3. The molecule has 0 unspecified atom stereocenters. The zero-order valence-corrected chi connectivity index (χ0v) is 16.5. The summed E-state index contributed by atoms with van der Waals surface area (Å²) in [6.07, 6.45) is 1.28. The van der Waals surface area contributed by atoms with E-state index in [0.29, 0.717) is 16.3 Å². The Morgan fingerprint density at radius 2 is 1.93 bits per heavy atom. The van der Waals surface area contributed by atoms with Gasteiger partial charge >= 0.3 is 0 Å². The number of anilines is 2. The Labute approximate surface area is 169 Å². The Balaban J connectivity index is 1.71. The number of nitrogens with one attached hydrogen (secondary N) is 2. The lowest BCUT2D eigenvalue weighted by molar-refractivity contribution is 0.0962. The molecule has 0 bridgehead atoms. The molecule has 0 aliphatic heterocycles. The number of rotatable bonds is 5. The fraction of sp³-hybridized carbons (Fsp3) is 0.0556. The van der Waals surface area contributed by atoms with E-state index < -0.39 is 0 Å². The molecule has 3 aromatic rings. The van der Waals surface area contributed by atoms with Crippen molar-refractivity contribution in [2.24, 2.45) is 0 Å². The van der Waals surface area contributed by atoms with Crippen LogP contribution in [0.5, 0.6) is 11.6 Å². The molecule has 1 heterocycles. The van der Waals surface area contributed by atoms with Gasteiger partial charge in [0.15, 0.2) is 5.82 Å². The Bertz CT molecular complexity index is 982. The maximum atomic E-state index is 12.2. The van der Waals surface area contributed by atoms with Crippen LogP contribution in [0.3, 0.4) is 0 Å². The van der Waals surface area contributed by atoms with Crippen LogP contribution in [0.25, 0.3) is 0 Å². The summed E-state index contributed by atoms with van der Waals surface area (Å²) in [4.78, 5) is 20.2. The van der Waals surface area contributed by atoms with Crippen LogP contribution < -0.4 is 21.3 Å². The number of benzene rings is 2. The summed E-state index contributed by atoms with van der Waals surface area (Å²) in [6, 6.07) is 12.1. The highest BCUT2D eigenvalue weighted by Crippen LogP contribution is 2.30. The fourth-order valence-electron chi connectivity index (χ4n) is 2.14. The van der Waals surface area contributed by atoms with Crippen LogP contribution in [0.15, 0.2) is 53.3 Å². The van der Waals surface area contributed by atoms with Gasteiger partial charge in [-0.3, -0.25) is 15.6 Å². The number of carbonyl (C=O) groups is 1. The molecule has 0 spiro atoms. The summed E-state index contributed by atoms with van der Waals surface area (Å²) in [5.74, 6) is 0.576. The van der Waals surface area contributed by atoms with E-state index >= 15 is 0 Å². The molecule has 4 N–H and O–H groups in total. The van der Waals surface area contributed by atoms with Gasteiger partial charge in [0, 0.05) is 15.1 Å². The maximum absolute atomic E-state index is 12.2. The highest BCUT2D eigenvalue weighted by molar-refractivity contribution is 9.10. The first kappa shape index (κ1) is 18.9. The predicted octanol–water partition coefficient (Wildman–Crippen LogP) is 4.33. The van der Waals surface area contributed by atoms with Crippen molar-refractivity contribution in [3.63, 3.8) is 0 Å². The molecule has 7 nitrogen and oxygen atoms in total. The van der Waals surface area contributed by atoms with E-state index in [1.807, 2.05) is 6.92 Å². The maximum Gasteiger partial charge on any atom is 0.269 e. The van der Waals surface area contributed by atoms with Crippen molar-refractivity contribution in [2.75, 3.05) is 11.2 Å². The minimum Gasteiger partial charge on any atom is -0.437 e. The predicted molar refractivity (Wildman–Crippen MR) is 108 cm³/mol. The number of hydrogen-bond donors (Lipinski definition) is 3. The molecule has 0 atom stereocenters. The van der Waals surface area contributed by atoms with Gasteiger partial charge in [0.25, 0.3) is 5.91 Å². The van der Waals surface area contributed by atoms with Gasteiger partial charge in [-0.2, -0.15) is 4.98 Å². The molecular formula is C18H15BrClN5O2. The molecule has 0 saturated heterocycles. The van der Waals surface area contributed by atoms with Gasteiger partial charge in [0.05, 0.1) is 0 Å². The van der Waals surface area contributed by atoms with E-state index in [-0.39, 0.29) is 23.3 Å². The van der Waals surface area contributed by atoms with Crippen LogP contribution >= 0.6 is 27.5 Å². The molecule has 3 rings (SSSR count). The number of aromatic nitrogens is 2. The van der Waals surface area contributed by atoms with Gasteiger partial charge in [-0.1, -0.05) is 27.5 Å². The van der Waals surface area contributed by atoms with Gasteiger partial charge < -0.3 is 10.5 Å². The third-order valence-corrected chi connectivity index (χ3v) is 4.54. The van der Waals surface area contributed by atoms with Gasteiger partial charge in [-0.05, 0) is 55.0 Å². The molecule has 9 heteroatoms. The number of nitrogens with two attached hydrogens (primary N) is 1.